The van der Waals surface area contributed by atoms with Crippen molar-refractivity contribution in [3.05, 3.63) is 36.3 Å². The number of hydrogen-bond donors (Lipinski definition) is 1. The van der Waals surface area contributed by atoms with Crippen molar-refractivity contribution >= 4 is 15.7 Å². The Morgan fingerprint density at radius 3 is 2.65 bits per heavy atom. The Balaban J connectivity index is 2.54. The zero-order valence-corrected chi connectivity index (χ0v) is 12.4. The molecular weight excluding hydrogens is 278 g/mol. The van der Waals surface area contributed by atoms with Crippen molar-refractivity contribution in [3.8, 4) is 5.75 Å². The summed E-state index contributed by atoms with van der Waals surface area (Å²) in [5, 5.41) is 9.57. The molecule has 0 unspecified atom stereocenters. The summed E-state index contributed by atoms with van der Waals surface area (Å²) in [7, 11) is -2.02. The maximum absolute atomic E-state index is 12.6. The topological polar surface area (TPSA) is 75.4 Å². The van der Waals surface area contributed by atoms with Gasteiger partial charge in [0.25, 0.3) is 10.0 Å². The van der Waals surface area contributed by atoms with Crippen LogP contribution in [0.15, 0.2) is 35.7 Å². The third-order valence-corrected chi connectivity index (χ3v) is 4.76. The van der Waals surface area contributed by atoms with E-state index in [2.05, 4.69) is 4.98 Å². The SMILES string of the molecule is CCN(c1cc(O)ccc1C)S(=O)(=O)c1cn(C)cn1. The molecule has 1 heterocycles. The highest BCUT2D eigenvalue weighted by atomic mass is 32.2. The number of imidazole rings is 1. The van der Waals surface area contributed by atoms with Gasteiger partial charge in [-0.2, -0.15) is 8.42 Å². The van der Waals surface area contributed by atoms with Crippen LogP contribution < -0.4 is 4.31 Å². The molecule has 1 aromatic heterocycles. The van der Waals surface area contributed by atoms with E-state index in [0.29, 0.717) is 5.69 Å². The minimum atomic E-state index is -3.73. The van der Waals surface area contributed by atoms with E-state index in [1.165, 1.54) is 29.0 Å². The Bertz CT molecular complexity index is 722. The number of hydrogen-bond acceptors (Lipinski definition) is 4. The lowest BCUT2D eigenvalue weighted by molar-refractivity contribution is 0.475. The zero-order chi connectivity index (χ0) is 14.9. The molecule has 0 aliphatic carbocycles. The summed E-state index contributed by atoms with van der Waals surface area (Å²) in [6, 6.07) is 4.65. The number of aryl methyl sites for hydroxylation is 2. The van der Waals surface area contributed by atoms with E-state index < -0.39 is 10.0 Å². The number of benzene rings is 1. The van der Waals surface area contributed by atoms with Gasteiger partial charge < -0.3 is 9.67 Å². The second kappa shape index (κ2) is 5.16. The first-order chi connectivity index (χ1) is 9.36. The monoisotopic (exact) mass is 295 g/mol. The molecule has 0 atom stereocenters. The molecule has 1 N–H and O–H groups in total. The largest absolute Gasteiger partial charge is 0.508 e. The standard InChI is InChI=1S/C13H17N3O3S/c1-4-16(12-7-11(17)6-5-10(12)2)20(18,19)13-8-15(3)9-14-13/h5-9,17H,4H2,1-3H3. The molecule has 0 amide bonds. The summed E-state index contributed by atoms with van der Waals surface area (Å²) < 4.78 is 28.0. The second-order valence-electron chi connectivity index (χ2n) is 4.52. The van der Waals surface area contributed by atoms with E-state index in [9.17, 15) is 13.5 Å². The first-order valence-corrected chi connectivity index (χ1v) is 7.60. The van der Waals surface area contributed by atoms with Crippen LogP contribution in [-0.4, -0.2) is 29.6 Å². The van der Waals surface area contributed by atoms with Crippen molar-refractivity contribution in [2.45, 2.75) is 18.9 Å². The van der Waals surface area contributed by atoms with Crippen molar-refractivity contribution in [3.63, 3.8) is 0 Å². The second-order valence-corrected chi connectivity index (χ2v) is 6.33. The quantitative estimate of drug-likeness (QED) is 0.930. The van der Waals surface area contributed by atoms with E-state index >= 15 is 0 Å². The molecule has 0 fully saturated rings. The van der Waals surface area contributed by atoms with Gasteiger partial charge in [0.2, 0.25) is 0 Å². The molecule has 0 aliphatic rings. The van der Waals surface area contributed by atoms with Crippen LogP contribution in [-0.2, 0) is 17.1 Å². The Labute approximate surface area is 118 Å². The summed E-state index contributed by atoms with van der Waals surface area (Å²) in [5.41, 5.74) is 1.22. The maximum Gasteiger partial charge on any atom is 0.283 e. The van der Waals surface area contributed by atoms with Crippen molar-refractivity contribution in [1.29, 1.82) is 0 Å². The van der Waals surface area contributed by atoms with E-state index in [4.69, 9.17) is 0 Å². The van der Waals surface area contributed by atoms with Gasteiger partial charge in [0, 0.05) is 25.9 Å². The summed E-state index contributed by atoms with van der Waals surface area (Å²) in [6.45, 7) is 3.79. The predicted octanol–water partition coefficient (Wildman–Crippen LogP) is 1.65. The van der Waals surface area contributed by atoms with Gasteiger partial charge in [-0.05, 0) is 25.5 Å². The maximum atomic E-state index is 12.6. The molecule has 20 heavy (non-hydrogen) atoms. The van der Waals surface area contributed by atoms with E-state index in [-0.39, 0.29) is 17.3 Å². The highest BCUT2D eigenvalue weighted by Gasteiger charge is 2.27. The number of sulfonamides is 1. The Morgan fingerprint density at radius 2 is 2.10 bits per heavy atom. The number of aromatic nitrogens is 2. The number of phenols is 1. The Hall–Kier alpha value is -2.02. The Morgan fingerprint density at radius 1 is 1.40 bits per heavy atom. The summed E-state index contributed by atoms with van der Waals surface area (Å²) in [4.78, 5) is 3.90. The Kier molecular flexibility index (Phi) is 3.71. The molecule has 0 aliphatic heterocycles. The lowest BCUT2D eigenvalue weighted by atomic mass is 10.2. The minimum Gasteiger partial charge on any atom is -0.508 e. The van der Waals surface area contributed by atoms with Gasteiger partial charge in [-0.3, -0.25) is 4.31 Å². The minimum absolute atomic E-state index is 0.00964. The van der Waals surface area contributed by atoms with Crippen LogP contribution in [0.4, 0.5) is 5.69 Å². The van der Waals surface area contributed by atoms with Crippen LogP contribution >= 0.6 is 0 Å². The van der Waals surface area contributed by atoms with Crippen LogP contribution in [0, 0.1) is 6.92 Å². The van der Waals surface area contributed by atoms with Crippen LogP contribution in [0.3, 0.4) is 0 Å². The zero-order valence-electron chi connectivity index (χ0n) is 11.6. The number of anilines is 1. The predicted molar refractivity (Wildman–Crippen MR) is 76.3 cm³/mol. The molecule has 0 saturated heterocycles. The van der Waals surface area contributed by atoms with Gasteiger partial charge in [-0.25, -0.2) is 4.98 Å². The highest BCUT2D eigenvalue weighted by molar-refractivity contribution is 7.92. The smallest absolute Gasteiger partial charge is 0.283 e. The molecule has 7 heteroatoms. The van der Waals surface area contributed by atoms with Gasteiger partial charge in [-0.15, -0.1) is 0 Å². The van der Waals surface area contributed by atoms with Gasteiger partial charge in [-0.1, -0.05) is 6.07 Å². The van der Waals surface area contributed by atoms with E-state index in [1.807, 2.05) is 0 Å². The first kappa shape index (κ1) is 14.4. The van der Waals surface area contributed by atoms with Crippen molar-refractivity contribution in [2.75, 3.05) is 10.8 Å². The fraction of sp³-hybridized carbons (Fsp3) is 0.308. The molecular formula is C13H17N3O3S. The van der Waals surface area contributed by atoms with Crippen LogP contribution in [0.25, 0.3) is 0 Å². The number of aromatic hydroxyl groups is 1. The average molecular weight is 295 g/mol. The molecule has 0 spiro atoms. The summed E-state index contributed by atoms with van der Waals surface area (Å²) in [6.07, 6.45) is 2.90. The molecule has 0 saturated carbocycles. The molecule has 6 nitrogen and oxygen atoms in total. The lowest BCUT2D eigenvalue weighted by Crippen LogP contribution is -2.31. The number of phenolic OH excluding ortho intramolecular Hbond substituents is 1. The van der Waals surface area contributed by atoms with Crippen molar-refractivity contribution < 1.29 is 13.5 Å². The third-order valence-electron chi connectivity index (χ3n) is 2.98. The lowest BCUT2D eigenvalue weighted by Gasteiger charge is -2.23. The highest BCUT2D eigenvalue weighted by Crippen LogP contribution is 2.29. The molecule has 0 radical (unpaired) electrons. The van der Waals surface area contributed by atoms with Gasteiger partial charge in [0.1, 0.15) is 5.75 Å². The fourth-order valence-corrected chi connectivity index (χ4v) is 3.47. The summed E-state index contributed by atoms with van der Waals surface area (Å²) in [5.74, 6) is 0.0280. The van der Waals surface area contributed by atoms with Crippen LogP contribution in [0.1, 0.15) is 12.5 Å². The van der Waals surface area contributed by atoms with Crippen molar-refractivity contribution in [1.82, 2.24) is 9.55 Å². The first-order valence-electron chi connectivity index (χ1n) is 6.16. The van der Waals surface area contributed by atoms with Gasteiger partial charge in [0.15, 0.2) is 5.03 Å². The summed E-state index contributed by atoms with van der Waals surface area (Å²) >= 11 is 0. The molecule has 1 aromatic carbocycles. The van der Waals surface area contributed by atoms with Gasteiger partial charge in [0.05, 0.1) is 12.0 Å². The van der Waals surface area contributed by atoms with Gasteiger partial charge >= 0.3 is 0 Å². The number of rotatable bonds is 4. The van der Waals surface area contributed by atoms with Crippen LogP contribution in [0.5, 0.6) is 5.75 Å². The molecule has 0 bridgehead atoms. The molecule has 2 aromatic rings. The normalized spacial score (nSPS) is 11.6. The van der Waals surface area contributed by atoms with Crippen LogP contribution in [0.2, 0.25) is 0 Å². The van der Waals surface area contributed by atoms with Crippen molar-refractivity contribution in [2.24, 2.45) is 7.05 Å². The molecule has 108 valence electrons. The van der Waals surface area contributed by atoms with E-state index in [0.717, 1.165) is 5.56 Å². The average Bonchev–Trinajstić information content (AvgIpc) is 2.81. The van der Waals surface area contributed by atoms with E-state index in [1.54, 1.807) is 31.5 Å². The number of nitrogens with zero attached hydrogens (tertiary/aromatic N) is 3. The third kappa shape index (κ3) is 2.49. The molecule has 2 rings (SSSR count). The fourth-order valence-electron chi connectivity index (χ4n) is 1.97.